The van der Waals surface area contributed by atoms with Gasteiger partial charge in [0.05, 0.1) is 23.3 Å². The molecule has 0 unspecified atom stereocenters. The summed E-state index contributed by atoms with van der Waals surface area (Å²) in [6.07, 6.45) is 4.46. The summed E-state index contributed by atoms with van der Waals surface area (Å²) < 4.78 is 11.2. The smallest absolute Gasteiger partial charge is 0.203 e. The van der Waals surface area contributed by atoms with Crippen LogP contribution in [0.4, 0.5) is 0 Å². The summed E-state index contributed by atoms with van der Waals surface area (Å²) in [7, 11) is -1.83. The largest absolute Gasteiger partial charge is 0.474 e. The van der Waals surface area contributed by atoms with Gasteiger partial charge in [-0.15, -0.1) is 0 Å². The number of hydrogen-bond acceptors (Lipinski definition) is 3. The van der Waals surface area contributed by atoms with E-state index in [1.165, 1.54) is 0 Å². The van der Waals surface area contributed by atoms with Gasteiger partial charge < -0.3 is 14.6 Å². The minimum absolute atomic E-state index is 0.712. The lowest BCUT2D eigenvalue weighted by Crippen LogP contribution is -2.54. The zero-order valence-corrected chi connectivity index (χ0v) is 10.5. The highest BCUT2D eigenvalue weighted by molar-refractivity contribution is 6.99. The molecule has 0 aliphatic carbocycles. The van der Waals surface area contributed by atoms with Crippen LogP contribution in [0, 0.1) is 0 Å². The lowest BCUT2D eigenvalue weighted by Gasteiger charge is -2.21. The molecule has 2 aromatic rings. The molecular formula is C12H17NO2Si. The van der Waals surface area contributed by atoms with Gasteiger partial charge in [-0.1, -0.05) is 6.55 Å². The lowest BCUT2D eigenvalue weighted by molar-refractivity contribution is 0.582. The summed E-state index contributed by atoms with van der Waals surface area (Å²) in [5.74, 6) is 0. The summed E-state index contributed by atoms with van der Waals surface area (Å²) in [6.45, 7) is 2.98. The van der Waals surface area contributed by atoms with Gasteiger partial charge in [-0.05, 0) is 43.3 Å². The lowest BCUT2D eigenvalue weighted by atomic mass is 10.5. The van der Waals surface area contributed by atoms with E-state index in [0.717, 1.165) is 23.2 Å². The first-order valence-corrected chi connectivity index (χ1v) is 8.26. The van der Waals surface area contributed by atoms with Crippen LogP contribution in [0.1, 0.15) is 6.42 Å². The van der Waals surface area contributed by atoms with Crippen molar-refractivity contribution in [2.45, 2.75) is 19.0 Å². The van der Waals surface area contributed by atoms with Crippen LogP contribution in [0.15, 0.2) is 45.6 Å². The normalized spacial score (nSPS) is 11.9. The standard InChI is InChI=1S/C12H17NO2Si/c1-16(10-4-7-13,11-5-2-8-14-11)12-6-3-9-15-12/h2-3,5-6,8-9H,4,7,10,13H2,1H3. The van der Waals surface area contributed by atoms with Gasteiger partial charge in [-0.3, -0.25) is 0 Å². The predicted molar refractivity (Wildman–Crippen MR) is 66.8 cm³/mol. The van der Waals surface area contributed by atoms with Crippen LogP contribution in [0.3, 0.4) is 0 Å². The van der Waals surface area contributed by atoms with Crippen molar-refractivity contribution in [2.24, 2.45) is 5.73 Å². The number of rotatable bonds is 5. The van der Waals surface area contributed by atoms with Crippen molar-refractivity contribution in [2.75, 3.05) is 6.54 Å². The maximum Gasteiger partial charge on any atom is 0.203 e. The van der Waals surface area contributed by atoms with Gasteiger partial charge in [0.25, 0.3) is 0 Å². The molecule has 3 nitrogen and oxygen atoms in total. The van der Waals surface area contributed by atoms with Gasteiger partial charge in [0, 0.05) is 0 Å². The third kappa shape index (κ3) is 1.98. The Bertz CT molecular complexity index is 374. The van der Waals surface area contributed by atoms with Gasteiger partial charge >= 0.3 is 0 Å². The average Bonchev–Trinajstić information content (AvgIpc) is 2.96. The fourth-order valence-electron chi connectivity index (χ4n) is 2.01. The molecule has 0 fully saturated rings. The Morgan fingerprint density at radius 1 is 1.12 bits per heavy atom. The first-order valence-electron chi connectivity index (χ1n) is 5.55. The summed E-state index contributed by atoms with van der Waals surface area (Å²) in [5, 5.41) is 2.13. The quantitative estimate of drug-likeness (QED) is 0.797. The van der Waals surface area contributed by atoms with Gasteiger partial charge in [-0.2, -0.15) is 0 Å². The third-order valence-electron chi connectivity index (χ3n) is 3.01. The Labute approximate surface area is 96.3 Å². The van der Waals surface area contributed by atoms with Crippen LogP contribution < -0.4 is 16.5 Å². The van der Waals surface area contributed by atoms with E-state index >= 15 is 0 Å². The van der Waals surface area contributed by atoms with E-state index in [1.807, 2.05) is 24.3 Å². The molecule has 2 rings (SSSR count). The van der Waals surface area contributed by atoms with Crippen molar-refractivity contribution in [3.05, 3.63) is 36.8 Å². The fourth-order valence-corrected chi connectivity index (χ4v) is 5.24. The first kappa shape index (κ1) is 11.2. The summed E-state index contributed by atoms with van der Waals surface area (Å²) in [5.41, 5.74) is 5.60. The van der Waals surface area contributed by atoms with Crippen LogP contribution in [0.25, 0.3) is 0 Å². The van der Waals surface area contributed by atoms with Crippen LogP contribution in [0.2, 0.25) is 12.6 Å². The van der Waals surface area contributed by atoms with Crippen LogP contribution >= 0.6 is 0 Å². The van der Waals surface area contributed by atoms with Gasteiger partial charge in [0.1, 0.15) is 0 Å². The Kier molecular flexibility index (Phi) is 3.31. The van der Waals surface area contributed by atoms with Crippen molar-refractivity contribution < 1.29 is 8.83 Å². The third-order valence-corrected chi connectivity index (χ3v) is 7.11. The molecule has 2 heterocycles. The van der Waals surface area contributed by atoms with E-state index < -0.39 is 8.07 Å². The highest BCUT2D eigenvalue weighted by Gasteiger charge is 2.37. The van der Waals surface area contributed by atoms with E-state index in [2.05, 4.69) is 6.55 Å². The molecule has 86 valence electrons. The minimum Gasteiger partial charge on any atom is -0.474 e. The Balaban J connectivity index is 2.33. The molecular weight excluding hydrogens is 218 g/mol. The summed E-state index contributed by atoms with van der Waals surface area (Å²) in [4.78, 5) is 0. The molecule has 0 amide bonds. The monoisotopic (exact) mass is 235 g/mol. The van der Waals surface area contributed by atoms with Crippen molar-refractivity contribution in [1.82, 2.24) is 0 Å². The Hall–Kier alpha value is -1.26. The van der Waals surface area contributed by atoms with E-state index in [-0.39, 0.29) is 0 Å². The van der Waals surface area contributed by atoms with Crippen LogP contribution in [-0.2, 0) is 0 Å². The Morgan fingerprint density at radius 2 is 1.69 bits per heavy atom. The van der Waals surface area contributed by atoms with Crippen molar-refractivity contribution >= 4 is 18.8 Å². The Morgan fingerprint density at radius 3 is 2.06 bits per heavy atom. The van der Waals surface area contributed by atoms with Gasteiger partial charge in [-0.25, -0.2) is 0 Å². The molecule has 2 aromatic heterocycles. The molecule has 0 aromatic carbocycles. The summed E-state index contributed by atoms with van der Waals surface area (Å²) in [6, 6.07) is 9.03. The molecule has 2 N–H and O–H groups in total. The molecule has 16 heavy (non-hydrogen) atoms. The number of hydrogen-bond donors (Lipinski definition) is 1. The van der Waals surface area contributed by atoms with E-state index in [4.69, 9.17) is 14.6 Å². The second-order valence-electron chi connectivity index (χ2n) is 4.18. The molecule has 0 radical (unpaired) electrons. The minimum atomic E-state index is -1.83. The van der Waals surface area contributed by atoms with Gasteiger partial charge in [0.2, 0.25) is 8.07 Å². The molecule has 0 saturated carbocycles. The number of nitrogens with two attached hydrogens (primary N) is 1. The molecule has 0 aliphatic rings. The molecule has 0 aliphatic heterocycles. The van der Waals surface area contributed by atoms with Crippen molar-refractivity contribution in [3.63, 3.8) is 0 Å². The topological polar surface area (TPSA) is 52.3 Å². The van der Waals surface area contributed by atoms with Crippen molar-refractivity contribution in [3.8, 4) is 0 Å². The highest BCUT2D eigenvalue weighted by atomic mass is 28.3. The molecule has 0 atom stereocenters. The van der Waals surface area contributed by atoms with Gasteiger partial charge in [0.15, 0.2) is 0 Å². The first-order chi connectivity index (χ1) is 7.77. The van der Waals surface area contributed by atoms with E-state index in [9.17, 15) is 0 Å². The zero-order chi connectivity index (χ0) is 11.4. The van der Waals surface area contributed by atoms with Crippen LogP contribution in [-0.4, -0.2) is 14.6 Å². The molecule has 0 spiro atoms. The highest BCUT2D eigenvalue weighted by Crippen LogP contribution is 2.13. The van der Waals surface area contributed by atoms with E-state index in [1.54, 1.807) is 12.5 Å². The fraction of sp³-hybridized carbons (Fsp3) is 0.333. The maximum atomic E-state index is 5.60. The molecule has 0 saturated heterocycles. The second kappa shape index (κ2) is 4.72. The SMILES string of the molecule is C[Si](CCCN)(c1ccco1)c1ccco1. The van der Waals surface area contributed by atoms with E-state index in [0.29, 0.717) is 6.54 Å². The predicted octanol–water partition coefficient (Wildman–Crippen LogP) is 1.41. The average molecular weight is 235 g/mol. The zero-order valence-electron chi connectivity index (χ0n) is 9.48. The molecule has 0 bridgehead atoms. The van der Waals surface area contributed by atoms with Crippen LogP contribution in [0.5, 0.6) is 0 Å². The second-order valence-corrected chi connectivity index (χ2v) is 8.33. The van der Waals surface area contributed by atoms with Crippen molar-refractivity contribution in [1.29, 1.82) is 0 Å². The summed E-state index contributed by atoms with van der Waals surface area (Å²) >= 11 is 0. The maximum absolute atomic E-state index is 5.60. The molecule has 4 heteroatoms. The number of furan rings is 2.